The molecule has 3 rings (SSSR count). The molecule has 24 heavy (non-hydrogen) atoms. The zero-order valence-electron chi connectivity index (χ0n) is 13.9. The number of aromatic nitrogens is 2. The van der Waals surface area contributed by atoms with Gasteiger partial charge in [-0.25, -0.2) is 14.8 Å². The fraction of sp³-hybridized carbons (Fsp3) is 0.688. The van der Waals surface area contributed by atoms with Crippen molar-refractivity contribution < 1.29 is 22.7 Å². The van der Waals surface area contributed by atoms with Crippen molar-refractivity contribution in [1.29, 1.82) is 0 Å². The molecular formula is C16H20F3N3O2. The molecule has 0 bridgehead atoms. The minimum Gasteiger partial charge on any atom is -0.444 e. The van der Waals surface area contributed by atoms with E-state index < -0.39 is 23.6 Å². The van der Waals surface area contributed by atoms with E-state index in [0.717, 1.165) is 12.8 Å². The first-order chi connectivity index (χ1) is 11.0. The molecule has 0 N–H and O–H groups in total. The first-order valence-electron chi connectivity index (χ1n) is 7.99. The number of alkyl halides is 3. The molecule has 0 saturated heterocycles. The molecule has 1 fully saturated rings. The number of rotatable bonds is 1. The van der Waals surface area contributed by atoms with Crippen LogP contribution in [0, 0.1) is 0 Å². The molecule has 1 aliphatic heterocycles. The van der Waals surface area contributed by atoms with E-state index in [4.69, 9.17) is 4.74 Å². The van der Waals surface area contributed by atoms with Gasteiger partial charge in [-0.2, -0.15) is 13.2 Å². The number of hydrogen-bond donors (Lipinski definition) is 0. The van der Waals surface area contributed by atoms with Crippen LogP contribution in [0.4, 0.5) is 18.0 Å². The van der Waals surface area contributed by atoms with Crippen LogP contribution in [-0.2, 0) is 23.9 Å². The number of hydrogen-bond acceptors (Lipinski definition) is 4. The summed E-state index contributed by atoms with van der Waals surface area (Å²) in [6.45, 7) is 5.43. The SMILES string of the molecule is CC(C)(C)OC(=O)N1CCc2c(nc(C3CC3)nc2C(F)(F)F)C1. The molecule has 1 saturated carbocycles. The Morgan fingerprint density at radius 3 is 2.42 bits per heavy atom. The molecule has 1 aliphatic carbocycles. The van der Waals surface area contributed by atoms with E-state index in [1.165, 1.54) is 4.90 Å². The van der Waals surface area contributed by atoms with Gasteiger partial charge in [0.05, 0.1) is 12.2 Å². The summed E-state index contributed by atoms with van der Waals surface area (Å²) >= 11 is 0. The van der Waals surface area contributed by atoms with E-state index in [1.807, 2.05) is 0 Å². The third kappa shape index (κ3) is 3.62. The summed E-state index contributed by atoms with van der Waals surface area (Å²) < 4.78 is 45.3. The van der Waals surface area contributed by atoms with Gasteiger partial charge in [-0.3, -0.25) is 0 Å². The van der Waals surface area contributed by atoms with Crippen LogP contribution in [0.3, 0.4) is 0 Å². The van der Waals surface area contributed by atoms with Crippen LogP contribution in [0.1, 0.15) is 62.3 Å². The topological polar surface area (TPSA) is 55.3 Å². The van der Waals surface area contributed by atoms with Gasteiger partial charge in [-0.1, -0.05) is 0 Å². The number of amides is 1. The van der Waals surface area contributed by atoms with Crippen molar-refractivity contribution in [2.45, 2.75) is 64.3 Å². The normalized spacial score (nSPS) is 18.3. The molecule has 0 unspecified atom stereocenters. The predicted molar refractivity (Wildman–Crippen MR) is 79.4 cm³/mol. The van der Waals surface area contributed by atoms with Crippen LogP contribution in [0.5, 0.6) is 0 Å². The van der Waals surface area contributed by atoms with E-state index in [-0.39, 0.29) is 42.5 Å². The molecule has 0 aromatic carbocycles. The molecule has 5 nitrogen and oxygen atoms in total. The molecule has 1 amide bonds. The maximum atomic E-state index is 13.3. The highest BCUT2D eigenvalue weighted by Crippen LogP contribution is 2.41. The summed E-state index contributed by atoms with van der Waals surface area (Å²) in [7, 11) is 0. The lowest BCUT2D eigenvalue weighted by Crippen LogP contribution is -2.41. The summed E-state index contributed by atoms with van der Waals surface area (Å²) in [6.07, 6.45) is -3.34. The Bertz CT molecular complexity index is 664. The Kier molecular flexibility index (Phi) is 3.96. The van der Waals surface area contributed by atoms with E-state index in [1.54, 1.807) is 20.8 Å². The summed E-state index contributed by atoms with van der Waals surface area (Å²) in [5.74, 6) is 0.250. The fourth-order valence-electron chi connectivity index (χ4n) is 2.69. The number of halogens is 3. The first kappa shape index (κ1) is 17.0. The minimum atomic E-state index is -4.51. The van der Waals surface area contributed by atoms with Crippen LogP contribution < -0.4 is 0 Å². The Labute approximate surface area is 138 Å². The van der Waals surface area contributed by atoms with E-state index >= 15 is 0 Å². The highest BCUT2D eigenvalue weighted by atomic mass is 19.4. The van der Waals surface area contributed by atoms with Crippen molar-refractivity contribution >= 4 is 6.09 Å². The number of carbonyl (C=O) groups excluding carboxylic acids is 1. The van der Waals surface area contributed by atoms with Gasteiger partial charge in [0.15, 0.2) is 5.69 Å². The summed E-state index contributed by atoms with van der Waals surface area (Å²) in [6, 6.07) is 0. The Morgan fingerprint density at radius 2 is 1.88 bits per heavy atom. The predicted octanol–water partition coefficient (Wildman–Crippen LogP) is 3.67. The maximum absolute atomic E-state index is 13.3. The second kappa shape index (κ2) is 5.60. The molecular weight excluding hydrogens is 323 g/mol. The molecule has 2 heterocycles. The molecule has 0 atom stereocenters. The lowest BCUT2D eigenvalue weighted by molar-refractivity contribution is -0.142. The van der Waals surface area contributed by atoms with Gasteiger partial charge >= 0.3 is 12.3 Å². The minimum absolute atomic E-state index is 0.00769. The highest BCUT2D eigenvalue weighted by Gasteiger charge is 2.41. The standard InChI is InChI=1S/C16H20F3N3O2/c1-15(2,3)24-14(23)22-7-6-10-11(8-22)20-13(9-4-5-9)21-12(10)16(17,18)19/h9H,4-8H2,1-3H3. The zero-order chi connectivity index (χ0) is 17.7. The molecule has 0 radical (unpaired) electrons. The van der Waals surface area contributed by atoms with Gasteiger partial charge in [-0.05, 0) is 40.0 Å². The second-order valence-corrected chi connectivity index (χ2v) is 7.28. The van der Waals surface area contributed by atoms with Crippen LogP contribution in [0.25, 0.3) is 0 Å². The van der Waals surface area contributed by atoms with E-state index in [2.05, 4.69) is 9.97 Å². The van der Waals surface area contributed by atoms with E-state index in [0.29, 0.717) is 0 Å². The van der Waals surface area contributed by atoms with Crippen molar-refractivity contribution in [2.75, 3.05) is 6.54 Å². The third-order valence-electron chi connectivity index (χ3n) is 3.95. The molecule has 2 aliphatic rings. The number of carbonyl (C=O) groups is 1. The van der Waals surface area contributed by atoms with Gasteiger partial charge in [0.1, 0.15) is 11.4 Å². The first-order valence-corrected chi connectivity index (χ1v) is 7.99. The van der Waals surface area contributed by atoms with Crippen molar-refractivity contribution in [3.63, 3.8) is 0 Å². The summed E-state index contributed by atoms with van der Waals surface area (Å²) in [5, 5.41) is 0. The average molecular weight is 343 g/mol. The monoisotopic (exact) mass is 343 g/mol. The van der Waals surface area contributed by atoms with Gasteiger partial charge in [0.25, 0.3) is 0 Å². The summed E-state index contributed by atoms with van der Waals surface area (Å²) in [4.78, 5) is 21.7. The molecule has 0 spiro atoms. The average Bonchev–Trinajstić information content (AvgIpc) is 3.27. The van der Waals surface area contributed by atoms with E-state index in [9.17, 15) is 18.0 Å². The van der Waals surface area contributed by atoms with Crippen molar-refractivity contribution in [3.8, 4) is 0 Å². The largest absolute Gasteiger partial charge is 0.444 e. The number of fused-ring (bicyclic) bond motifs is 1. The number of ether oxygens (including phenoxy) is 1. The maximum Gasteiger partial charge on any atom is 0.433 e. The lowest BCUT2D eigenvalue weighted by Gasteiger charge is -2.31. The van der Waals surface area contributed by atoms with Crippen molar-refractivity contribution in [3.05, 3.63) is 22.8 Å². The van der Waals surface area contributed by atoms with Crippen LogP contribution in [-0.4, -0.2) is 33.1 Å². The van der Waals surface area contributed by atoms with Gasteiger partial charge in [-0.15, -0.1) is 0 Å². The Balaban J connectivity index is 1.90. The molecule has 8 heteroatoms. The third-order valence-corrected chi connectivity index (χ3v) is 3.95. The molecule has 1 aromatic heterocycles. The van der Waals surface area contributed by atoms with Crippen molar-refractivity contribution in [1.82, 2.24) is 14.9 Å². The second-order valence-electron chi connectivity index (χ2n) is 7.28. The van der Waals surface area contributed by atoms with Crippen LogP contribution >= 0.6 is 0 Å². The smallest absolute Gasteiger partial charge is 0.433 e. The van der Waals surface area contributed by atoms with Gasteiger partial charge < -0.3 is 9.64 Å². The quantitative estimate of drug-likeness (QED) is 0.781. The van der Waals surface area contributed by atoms with Gasteiger partial charge in [0, 0.05) is 18.0 Å². The highest BCUT2D eigenvalue weighted by molar-refractivity contribution is 5.68. The van der Waals surface area contributed by atoms with Gasteiger partial charge in [0.2, 0.25) is 0 Å². The van der Waals surface area contributed by atoms with Crippen LogP contribution in [0.2, 0.25) is 0 Å². The summed E-state index contributed by atoms with van der Waals surface area (Å²) in [5.41, 5.74) is -1.11. The number of nitrogens with zero attached hydrogens (tertiary/aromatic N) is 3. The Morgan fingerprint density at radius 1 is 1.21 bits per heavy atom. The van der Waals surface area contributed by atoms with Crippen LogP contribution in [0.15, 0.2) is 0 Å². The Hall–Kier alpha value is -1.86. The van der Waals surface area contributed by atoms with Crippen molar-refractivity contribution in [2.24, 2.45) is 0 Å². The molecule has 132 valence electrons. The fourth-order valence-corrected chi connectivity index (χ4v) is 2.69. The lowest BCUT2D eigenvalue weighted by atomic mass is 10.0. The zero-order valence-corrected chi connectivity index (χ0v) is 13.9. The molecule has 1 aromatic rings.